The van der Waals surface area contributed by atoms with E-state index in [4.69, 9.17) is 9.15 Å². The number of oxazole rings is 1. The molecule has 0 saturated carbocycles. The summed E-state index contributed by atoms with van der Waals surface area (Å²) in [6.07, 6.45) is 2.36. The first-order valence-electron chi connectivity index (χ1n) is 8.55. The van der Waals surface area contributed by atoms with Crippen molar-refractivity contribution in [2.24, 2.45) is 0 Å². The topological polar surface area (TPSA) is 81.4 Å². The summed E-state index contributed by atoms with van der Waals surface area (Å²) in [5.41, 5.74) is 0.941. The quantitative estimate of drug-likeness (QED) is 0.598. The summed E-state index contributed by atoms with van der Waals surface area (Å²) < 4.78 is 10.4. The molecule has 0 aliphatic rings. The van der Waals surface area contributed by atoms with Crippen LogP contribution in [0.1, 0.15) is 29.7 Å². The Kier molecular flexibility index (Phi) is 6.38. The molecule has 0 bridgehead atoms. The third-order valence-electron chi connectivity index (χ3n) is 4.00. The second kappa shape index (κ2) is 9.14. The lowest BCUT2D eigenvalue weighted by Gasteiger charge is -2.16. The number of carbonyl (C=O) groups excluding carboxylic acids is 2. The van der Waals surface area contributed by atoms with E-state index < -0.39 is 6.04 Å². The van der Waals surface area contributed by atoms with Crippen molar-refractivity contribution in [3.63, 3.8) is 0 Å². The highest BCUT2D eigenvalue weighted by Crippen LogP contribution is 2.23. The molecular weight excluding hydrogens is 364 g/mol. The molecule has 27 heavy (non-hydrogen) atoms. The fourth-order valence-electron chi connectivity index (χ4n) is 2.61. The van der Waals surface area contributed by atoms with Crippen LogP contribution in [-0.2, 0) is 20.7 Å². The number of hydrogen-bond acceptors (Lipinski definition) is 6. The maximum Gasteiger partial charge on any atom is 0.307 e. The lowest BCUT2D eigenvalue weighted by atomic mass is 10.1. The molecule has 140 valence electrons. The average molecular weight is 384 g/mol. The highest BCUT2D eigenvalue weighted by molar-refractivity contribution is 7.10. The third-order valence-corrected chi connectivity index (χ3v) is 4.98. The molecule has 0 radical (unpaired) electrons. The van der Waals surface area contributed by atoms with Crippen LogP contribution < -0.4 is 5.32 Å². The van der Waals surface area contributed by atoms with Crippen LogP contribution in [0.3, 0.4) is 0 Å². The molecule has 7 heteroatoms. The van der Waals surface area contributed by atoms with Gasteiger partial charge in [-0.2, -0.15) is 0 Å². The average Bonchev–Trinajstić information content (AvgIpc) is 3.38. The molecule has 2 heterocycles. The van der Waals surface area contributed by atoms with Gasteiger partial charge in [0.2, 0.25) is 5.91 Å². The van der Waals surface area contributed by atoms with Crippen LogP contribution in [0.15, 0.2) is 58.5 Å². The fourth-order valence-corrected chi connectivity index (χ4v) is 3.39. The predicted molar refractivity (Wildman–Crippen MR) is 102 cm³/mol. The molecule has 1 N–H and O–H groups in total. The van der Waals surface area contributed by atoms with Gasteiger partial charge in [0.05, 0.1) is 25.8 Å². The molecule has 0 aliphatic heterocycles. The van der Waals surface area contributed by atoms with E-state index in [1.165, 1.54) is 18.4 Å². The Hall–Kier alpha value is -2.93. The van der Waals surface area contributed by atoms with E-state index >= 15 is 0 Å². The van der Waals surface area contributed by atoms with Gasteiger partial charge < -0.3 is 14.5 Å². The number of nitrogens with zero attached hydrogens (tertiary/aromatic N) is 1. The first-order valence-corrected chi connectivity index (χ1v) is 9.43. The van der Waals surface area contributed by atoms with Gasteiger partial charge in [0, 0.05) is 23.3 Å². The zero-order chi connectivity index (χ0) is 19.1. The van der Waals surface area contributed by atoms with Crippen molar-refractivity contribution in [1.29, 1.82) is 0 Å². The molecule has 0 aliphatic carbocycles. The lowest BCUT2D eigenvalue weighted by Crippen LogP contribution is -2.30. The number of ether oxygens (including phenoxy) is 1. The Balaban J connectivity index is 1.57. The molecule has 0 saturated heterocycles. The summed E-state index contributed by atoms with van der Waals surface area (Å²) in [7, 11) is 1.34. The zero-order valence-corrected chi connectivity index (χ0v) is 15.7. The number of methoxy groups -OCH3 is 1. The number of nitrogens with one attached hydrogen (secondary N) is 1. The van der Waals surface area contributed by atoms with Gasteiger partial charge in [-0.05, 0) is 11.4 Å². The van der Waals surface area contributed by atoms with Gasteiger partial charge in [0.15, 0.2) is 11.7 Å². The van der Waals surface area contributed by atoms with Gasteiger partial charge in [-0.1, -0.05) is 36.4 Å². The first-order chi connectivity index (χ1) is 13.2. The Morgan fingerprint density at radius 1 is 1.22 bits per heavy atom. The van der Waals surface area contributed by atoms with E-state index in [9.17, 15) is 9.59 Å². The number of aromatic nitrogens is 1. The van der Waals surface area contributed by atoms with Gasteiger partial charge >= 0.3 is 5.97 Å². The number of esters is 1. The third kappa shape index (κ3) is 5.27. The summed E-state index contributed by atoms with van der Waals surface area (Å²) in [5, 5.41) is 4.80. The first kappa shape index (κ1) is 18.8. The molecule has 1 atom stereocenters. The van der Waals surface area contributed by atoms with Crippen molar-refractivity contribution in [2.75, 3.05) is 7.11 Å². The minimum absolute atomic E-state index is 0.0971. The van der Waals surface area contributed by atoms with Crippen LogP contribution in [0, 0.1) is 0 Å². The zero-order valence-electron chi connectivity index (χ0n) is 14.9. The number of amides is 1. The van der Waals surface area contributed by atoms with Crippen molar-refractivity contribution in [3.05, 3.63) is 64.8 Å². The molecule has 2 aromatic heterocycles. The van der Waals surface area contributed by atoms with Crippen LogP contribution in [0.5, 0.6) is 0 Å². The maximum absolute atomic E-state index is 12.3. The van der Waals surface area contributed by atoms with Crippen LogP contribution in [0.2, 0.25) is 0 Å². The van der Waals surface area contributed by atoms with Crippen molar-refractivity contribution >= 4 is 23.2 Å². The van der Waals surface area contributed by atoms with Gasteiger partial charge in [0.25, 0.3) is 0 Å². The number of thiophene rings is 1. The molecule has 3 aromatic rings. The predicted octanol–water partition coefficient (Wildman–Crippen LogP) is 3.76. The van der Waals surface area contributed by atoms with Crippen LogP contribution >= 0.6 is 11.3 Å². The molecule has 0 fully saturated rings. The lowest BCUT2D eigenvalue weighted by molar-refractivity contribution is -0.141. The van der Waals surface area contributed by atoms with Crippen molar-refractivity contribution in [3.8, 4) is 11.3 Å². The summed E-state index contributed by atoms with van der Waals surface area (Å²) in [5.74, 6) is 0.642. The smallest absolute Gasteiger partial charge is 0.307 e. The van der Waals surface area contributed by atoms with Gasteiger partial charge in [0.1, 0.15) is 0 Å². The van der Waals surface area contributed by atoms with Crippen molar-refractivity contribution < 1.29 is 18.7 Å². The molecule has 1 aromatic carbocycles. The Labute approximate surface area is 161 Å². The highest BCUT2D eigenvalue weighted by Gasteiger charge is 2.20. The second-order valence-corrected chi connectivity index (χ2v) is 6.88. The molecule has 0 spiro atoms. The number of rotatable bonds is 8. The fraction of sp³-hybridized carbons (Fsp3) is 0.250. The van der Waals surface area contributed by atoms with E-state index in [0.29, 0.717) is 18.1 Å². The second-order valence-electron chi connectivity index (χ2n) is 5.90. The summed E-state index contributed by atoms with van der Waals surface area (Å²) in [6, 6.07) is 13.0. The summed E-state index contributed by atoms with van der Waals surface area (Å²) in [4.78, 5) is 29.1. The number of benzene rings is 1. The van der Waals surface area contributed by atoms with Crippen LogP contribution in [-0.4, -0.2) is 24.0 Å². The van der Waals surface area contributed by atoms with E-state index in [1.54, 1.807) is 6.20 Å². The maximum atomic E-state index is 12.3. The van der Waals surface area contributed by atoms with E-state index in [0.717, 1.165) is 10.4 Å². The number of hydrogen-bond donors (Lipinski definition) is 1. The molecular formula is C20H20N2O4S. The number of aryl methyl sites for hydroxylation is 1. The summed E-state index contributed by atoms with van der Waals surface area (Å²) >= 11 is 1.49. The minimum atomic E-state index is -0.394. The normalized spacial score (nSPS) is 11.7. The van der Waals surface area contributed by atoms with E-state index in [-0.39, 0.29) is 24.7 Å². The largest absolute Gasteiger partial charge is 0.469 e. The van der Waals surface area contributed by atoms with E-state index in [2.05, 4.69) is 10.3 Å². The Morgan fingerprint density at radius 3 is 2.74 bits per heavy atom. The molecule has 6 nitrogen and oxygen atoms in total. The van der Waals surface area contributed by atoms with Crippen molar-refractivity contribution in [2.45, 2.75) is 25.3 Å². The molecule has 3 rings (SSSR count). The van der Waals surface area contributed by atoms with Gasteiger partial charge in [-0.15, -0.1) is 11.3 Å². The number of carbonyl (C=O) groups is 2. The van der Waals surface area contributed by atoms with Gasteiger partial charge in [-0.25, -0.2) is 4.98 Å². The van der Waals surface area contributed by atoms with E-state index in [1.807, 2.05) is 47.8 Å². The highest BCUT2D eigenvalue weighted by atomic mass is 32.1. The van der Waals surface area contributed by atoms with Crippen LogP contribution in [0.25, 0.3) is 11.3 Å². The monoisotopic (exact) mass is 384 g/mol. The SMILES string of the molecule is COC(=O)C[C@@H](NC(=O)CCc1ncc(-c2ccccc2)o1)c1cccs1. The Bertz CT molecular complexity index is 875. The van der Waals surface area contributed by atoms with Gasteiger partial charge in [-0.3, -0.25) is 9.59 Å². The Morgan fingerprint density at radius 2 is 2.04 bits per heavy atom. The molecule has 1 amide bonds. The molecule has 0 unspecified atom stereocenters. The minimum Gasteiger partial charge on any atom is -0.469 e. The van der Waals surface area contributed by atoms with Crippen LogP contribution in [0.4, 0.5) is 0 Å². The van der Waals surface area contributed by atoms with Crippen molar-refractivity contribution in [1.82, 2.24) is 10.3 Å². The standard InChI is InChI=1S/C20H20N2O4S/c1-25-20(24)12-15(17-8-5-11-27-17)22-18(23)9-10-19-21-13-16(26-19)14-6-3-2-4-7-14/h2-8,11,13,15H,9-10,12H2,1H3,(H,22,23)/t15-/m1/s1. The summed E-state index contributed by atoms with van der Waals surface area (Å²) in [6.45, 7) is 0.